The van der Waals surface area contributed by atoms with Crippen molar-refractivity contribution in [3.05, 3.63) is 34.9 Å². The Bertz CT molecular complexity index is 358. The largest absolute Gasteiger partial charge is 0.345 e. The average Bonchev–Trinajstić information content (AvgIpc) is 2.18. The van der Waals surface area contributed by atoms with Gasteiger partial charge in [0.25, 0.3) is 5.91 Å². The number of rotatable bonds is 3. The summed E-state index contributed by atoms with van der Waals surface area (Å²) in [5, 5.41) is 2.51. The summed E-state index contributed by atoms with van der Waals surface area (Å²) in [6.45, 7) is 3.86. The van der Waals surface area contributed by atoms with Gasteiger partial charge in [-0.1, -0.05) is 17.7 Å². The van der Waals surface area contributed by atoms with Gasteiger partial charge >= 0.3 is 0 Å². The first-order valence-corrected chi connectivity index (χ1v) is 4.44. The molecule has 0 unspecified atom stereocenters. The Labute approximate surface area is 83.1 Å². The molecule has 1 rings (SSSR count). The highest BCUT2D eigenvalue weighted by molar-refractivity contribution is 5.96. The number of benzene rings is 1. The van der Waals surface area contributed by atoms with E-state index in [2.05, 4.69) is 5.32 Å². The second-order valence-electron chi connectivity index (χ2n) is 3.20. The third-order valence-corrected chi connectivity index (χ3v) is 1.98. The minimum Gasteiger partial charge on any atom is -0.345 e. The molecule has 14 heavy (non-hydrogen) atoms. The molecule has 0 heterocycles. The number of carbonyl (C=O) groups excluding carboxylic acids is 2. The molecule has 0 spiro atoms. The van der Waals surface area contributed by atoms with Crippen molar-refractivity contribution < 1.29 is 9.59 Å². The lowest BCUT2D eigenvalue weighted by Gasteiger charge is -2.05. The molecule has 1 N–H and O–H groups in total. The Morgan fingerprint density at radius 2 is 2.14 bits per heavy atom. The Balaban J connectivity index is 2.88. The van der Waals surface area contributed by atoms with Crippen molar-refractivity contribution in [1.82, 2.24) is 5.32 Å². The molecule has 74 valence electrons. The van der Waals surface area contributed by atoms with Gasteiger partial charge in [0, 0.05) is 5.56 Å². The lowest BCUT2D eigenvalue weighted by Crippen LogP contribution is -2.25. The van der Waals surface area contributed by atoms with Gasteiger partial charge in [0.1, 0.15) is 6.29 Å². The zero-order valence-electron chi connectivity index (χ0n) is 8.33. The van der Waals surface area contributed by atoms with Gasteiger partial charge in [0.05, 0.1) is 6.54 Å². The van der Waals surface area contributed by atoms with Gasteiger partial charge in [-0.25, -0.2) is 0 Å². The standard InChI is InChI=1S/C11H13NO2/c1-8-3-4-9(2)10(7-8)11(14)12-5-6-13/h3-4,6-7H,5H2,1-2H3,(H,12,14). The van der Waals surface area contributed by atoms with Crippen LogP contribution in [0.4, 0.5) is 0 Å². The molecule has 0 radical (unpaired) electrons. The fourth-order valence-corrected chi connectivity index (χ4v) is 1.21. The Kier molecular flexibility index (Phi) is 3.40. The normalized spacial score (nSPS) is 9.57. The molecule has 0 aliphatic carbocycles. The Morgan fingerprint density at radius 1 is 1.43 bits per heavy atom. The monoisotopic (exact) mass is 191 g/mol. The maximum Gasteiger partial charge on any atom is 0.251 e. The highest BCUT2D eigenvalue weighted by Gasteiger charge is 2.07. The molecule has 0 aliphatic rings. The molecule has 1 aromatic carbocycles. The summed E-state index contributed by atoms with van der Waals surface area (Å²) in [7, 11) is 0. The third kappa shape index (κ3) is 2.42. The first-order chi connectivity index (χ1) is 6.65. The van der Waals surface area contributed by atoms with E-state index in [0.29, 0.717) is 11.8 Å². The van der Waals surface area contributed by atoms with Crippen LogP contribution in [0.2, 0.25) is 0 Å². The maximum absolute atomic E-state index is 11.5. The van der Waals surface area contributed by atoms with E-state index in [-0.39, 0.29) is 12.5 Å². The zero-order valence-corrected chi connectivity index (χ0v) is 8.33. The van der Waals surface area contributed by atoms with Gasteiger partial charge in [-0.05, 0) is 25.5 Å². The van der Waals surface area contributed by atoms with E-state index in [9.17, 15) is 9.59 Å². The number of nitrogens with one attached hydrogen (secondary N) is 1. The molecule has 0 bridgehead atoms. The molecule has 0 saturated heterocycles. The molecular weight excluding hydrogens is 178 g/mol. The van der Waals surface area contributed by atoms with E-state index >= 15 is 0 Å². The van der Waals surface area contributed by atoms with Crippen LogP contribution in [0, 0.1) is 13.8 Å². The van der Waals surface area contributed by atoms with Crippen molar-refractivity contribution in [1.29, 1.82) is 0 Å². The summed E-state index contributed by atoms with van der Waals surface area (Å²) in [6, 6.07) is 5.66. The third-order valence-electron chi connectivity index (χ3n) is 1.98. The molecule has 0 aliphatic heterocycles. The van der Waals surface area contributed by atoms with Gasteiger partial charge < -0.3 is 10.1 Å². The first kappa shape index (κ1) is 10.4. The molecule has 3 nitrogen and oxygen atoms in total. The smallest absolute Gasteiger partial charge is 0.251 e. The SMILES string of the molecule is Cc1ccc(C)c(C(=O)NCC=O)c1. The van der Waals surface area contributed by atoms with Gasteiger partial charge in [-0.15, -0.1) is 0 Å². The number of aldehydes is 1. The van der Waals surface area contributed by atoms with Crippen molar-refractivity contribution in [3.8, 4) is 0 Å². The second kappa shape index (κ2) is 4.56. The molecule has 0 atom stereocenters. The summed E-state index contributed by atoms with van der Waals surface area (Å²) >= 11 is 0. The van der Waals surface area contributed by atoms with Crippen LogP contribution in [0.5, 0.6) is 0 Å². The Hall–Kier alpha value is -1.64. The van der Waals surface area contributed by atoms with Gasteiger partial charge in [-0.3, -0.25) is 4.79 Å². The van der Waals surface area contributed by atoms with Crippen LogP contribution in [-0.4, -0.2) is 18.7 Å². The molecule has 0 fully saturated rings. The topological polar surface area (TPSA) is 46.2 Å². The van der Waals surface area contributed by atoms with Crippen LogP contribution in [0.15, 0.2) is 18.2 Å². The number of carbonyl (C=O) groups is 2. The molecular formula is C11H13NO2. The number of hydrogen-bond donors (Lipinski definition) is 1. The van der Waals surface area contributed by atoms with Crippen LogP contribution < -0.4 is 5.32 Å². The van der Waals surface area contributed by atoms with Crippen LogP contribution in [0.1, 0.15) is 21.5 Å². The molecule has 1 aromatic rings. The van der Waals surface area contributed by atoms with Crippen molar-refractivity contribution in [3.63, 3.8) is 0 Å². The van der Waals surface area contributed by atoms with E-state index in [4.69, 9.17) is 0 Å². The minimum absolute atomic E-state index is 0.0617. The van der Waals surface area contributed by atoms with Crippen LogP contribution in [-0.2, 0) is 4.79 Å². The van der Waals surface area contributed by atoms with Crippen molar-refractivity contribution in [2.24, 2.45) is 0 Å². The summed E-state index contributed by atoms with van der Waals surface area (Å²) in [4.78, 5) is 21.6. The van der Waals surface area contributed by atoms with E-state index in [1.807, 2.05) is 32.0 Å². The summed E-state index contributed by atoms with van der Waals surface area (Å²) < 4.78 is 0. The van der Waals surface area contributed by atoms with Gasteiger partial charge in [-0.2, -0.15) is 0 Å². The zero-order chi connectivity index (χ0) is 10.6. The molecule has 3 heteroatoms. The second-order valence-corrected chi connectivity index (χ2v) is 3.20. The molecule has 0 aromatic heterocycles. The minimum atomic E-state index is -0.196. The van der Waals surface area contributed by atoms with Crippen LogP contribution in [0.25, 0.3) is 0 Å². The quantitative estimate of drug-likeness (QED) is 0.730. The number of aryl methyl sites for hydroxylation is 2. The summed E-state index contributed by atoms with van der Waals surface area (Å²) in [5.74, 6) is -0.196. The lowest BCUT2D eigenvalue weighted by atomic mass is 10.1. The van der Waals surface area contributed by atoms with Crippen LogP contribution in [0.3, 0.4) is 0 Å². The van der Waals surface area contributed by atoms with E-state index in [1.54, 1.807) is 0 Å². The first-order valence-electron chi connectivity index (χ1n) is 4.44. The maximum atomic E-state index is 11.5. The Morgan fingerprint density at radius 3 is 2.79 bits per heavy atom. The van der Waals surface area contributed by atoms with E-state index in [1.165, 1.54) is 0 Å². The van der Waals surface area contributed by atoms with Crippen molar-refractivity contribution in [2.75, 3.05) is 6.54 Å². The number of hydrogen-bond acceptors (Lipinski definition) is 2. The molecule has 0 saturated carbocycles. The number of amides is 1. The fraction of sp³-hybridized carbons (Fsp3) is 0.273. The summed E-state index contributed by atoms with van der Waals surface area (Å²) in [6.07, 6.45) is 0.670. The van der Waals surface area contributed by atoms with Crippen molar-refractivity contribution in [2.45, 2.75) is 13.8 Å². The van der Waals surface area contributed by atoms with Crippen molar-refractivity contribution >= 4 is 12.2 Å². The van der Waals surface area contributed by atoms with Crippen LogP contribution >= 0.6 is 0 Å². The average molecular weight is 191 g/mol. The predicted octanol–water partition coefficient (Wildman–Crippen LogP) is 1.23. The lowest BCUT2D eigenvalue weighted by molar-refractivity contribution is -0.107. The van der Waals surface area contributed by atoms with E-state index < -0.39 is 0 Å². The highest BCUT2D eigenvalue weighted by Crippen LogP contribution is 2.09. The van der Waals surface area contributed by atoms with E-state index in [0.717, 1.165) is 11.1 Å². The van der Waals surface area contributed by atoms with Gasteiger partial charge in [0.2, 0.25) is 0 Å². The molecule has 1 amide bonds. The fourth-order valence-electron chi connectivity index (χ4n) is 1.21. The highest BCUT2D eigenvalue weighted by atomic mass is 16.2. The summed E-state index contributed by atoms with van der Waals surface area (Å²) in [5.41, 5.74) is 2.58. The predicted molar refractivity (Wildman–Crippen MR) is 54.3 cm³/mol. The van der Waals surface area contributed by atoms with Gasteiger partial charge in [0.15, 0.2) is 0 Å².